The Hall–Kier alpha value is -6.49. The van der Waals surface area contributed by atoms with E-state index in [-0.39, 0.29) is 5.56 Å². The smallest absolute Gasteiger partial charge is 0.350 e. The highest BCUT2D eigenvalue weighted by Crippen LogP contribution is 2.23. The lowest BCUT2D eigenvalue weighted by molar-refractivity contribution is -0.184. The van der Waals surface area contributed by atoms with Gasteiger partial charge in [0.05, 0.1) is 6.10 Å². The number of amides is 6. The highest BCUT2D eigenvalue weighted by atomic mass is 19.1. The molecular formula is C46H67FN6O16. The van der Waals surface area contributed by atoms with Crippen molar-refractivity contribution in [2.45, 2.75) is 142 Å². The molecule has 1 aromatic rings. The van der Waals surface area contributed by atoms with E-state index in [0.29, 0.717) is 4.90 Å². The van der Waals surface area contributed by atoms with Gasteiger partial charge in [0.15, 0.2) is 18.2 Å². The van der Waals surface area contributed by atoms with Crippen molar-refractivity contribution < 1.29 is 81.1 Å². The first-order valence-corrected chi connectivity index (χ1v) is 22.1. The van der Waals surface area contributed by atoms with Gasteiger partial charge in [-0.2, -0.15) is 0 Å². The van der Waals surface area contributed by atoms with Gasteiger partial charge in [0.25, 0.3) is 11.8 Å². The molecule has 0 aliphatic carbocycles. The van der Waals surface area contributed by atoms with E-state index in [1.54, 1.807) is 0 Å². The number of hydrogen-bond donors (Lipinski definition) is 4. The highest BCUT2D eigenvalue weighted by molar-refractivity contribution is 6.01. The van der Waals surface area contributed by atoms with Gasteiger partial charge < -0.3 is 59.4 Å². The average Bonchev–Trinajstić information content (AvgIpc) is 3.28. The first-order chi connectivity index (χ1) is 32.0. The number of cyclic esters (lactones) is 2. The molecule has 1 saturated heterocycles. The maximum Gasteiger partial charge on any atom is 0.350 e. The molecule has 6 amide bonds. The lowest BCUT2D eigenvalue weighted by Gasteiger charge is -2.38. The zero-order valence-corrected chi connectivity index (χ0v) is 41.5. The zero-order chi connectivity index (χ0) is 52.9. The first-order valence-electron chi connectivity index (χ1n) is 22.1. The largest absolute Gasteiger partial charge is 0.458 e. The third-order valence-electron chi connectivity index (χ3n) is 11.4. The lowest BCUT2D eigenvalue weighted by Crippen LogP contribution is -2.63. The van der Waals surface area contributed by atoms with Gasteiger partial charge in [-0.1, -0.05) is 52.5 Å². The molecule has 1 aromatic carbocycles. The summed E-state index contributed by atoms with van der Waals surface area (Å²) in [4.78, 5) is 140. The summed E-state index contributed by atoms with van der Waals surface area (Å²) in [6.07, 6.45) is -10.5. The number of halogens is 1. The number of aliphatic hydroxyl groups is 1. The molecule has 69 heavy (non-hydrogen) atoms. The number of benzene rings is 1. The molecule has 0 saturated carbocycles. The molecule has 23 heteroatoms. The van der Waals surface area contributed by atoms with E-state index in [4.69, 9.17) is 23.7 Å². The van der Waals surface area contributed by atoms with Crippen LogP contribution in [0.3, 0.4) is 0 Å². The number of likely N-dealkylation sites (N-methyl/N-ethyl adjacent to an activating group) is 3. The second kappa shape index (κ2) is 25.8. The quantitative estimate of drug-likeness (QED) is 0.121. The summed E-state index contributed by atoms with van der Waals surface area (Å²) in [7, 11) is 4.63. The normalized spacial score (nSPS) is 25.0. The molecule has 22 nitrogen and oxygen atoms in total. The molecule has 1 aliphatic heterocycles. The Morgan fingerprint density at radius 1 is 0.841 bits per heavy atom. The first kappa shape index (κ1) is 58.6. The Bertz CT molecular complexity index is 2100. The molecular weight excluding hydrogens is 912 g/mol. The number of nitrogens with one attached hydrogen (secondary N) is 3. The molecule has 0 radical (unpaired) electrons. The van der Waals surface area contributed by atoms with Crippen LogP contribution in [0.5, 0.6) is 0 Å². The van der Waals surface area contributed by atoms with Crippen LogP contribution in [0.1, 0.15) is 74.8 Å². The van der Waals surface area contributed by atoms with Crippen molar-refractivity contribution in [3.05, 3.63) is 47.9 Å². The van der Waals surface area contributed by atoms with Crippen LogP contribution in [0.25, 0.3) is 0 Å². The maximum atomic E-state index is 15.0. The summed E-state index contributed by atoms with van der Waals surface area (Å²) in [5.41, 5.74) is -0.667. The standard InChI is InChI=1S/C46H67FN6O16/c1-21(2)36(56)38(67-29(11)55)46(64)69-37(22(3)4)34-43(61)53(14)35(27(9)65-15)45(63)66-26(8)33(49-28(10)54)44(62)68-32(20-30-18-16-17-19-31(30)47)42(60)52(13)24(6)39(57)48-23(5)41(59)51(12)25(7)40(58)50-34/h16-19,21-23,25-27,32-38,56H,6,20H2,1-5,7-15H3,(H,48,57)(H,49,54)(H,50,58)/t23-,25-,26+,27+,32+,33-,34-,35?,36+,37+,38?/m0/s1. The number of hydrogen-bond acceptors (Lipinski definition) is 16. The van der Waals surface area contributed by atoms with Crippen molar-refractivity contribution >= 4 is 59.3 Å². The molecule has 4 N–H and O–H groups in total. The van der Waals surface area contributed by atoms with Crippen molar-refractivity contribution in [1.82, 2.24) is 30.7 Å². The van der Waals surface area contributed by atoms with Crippen LogP contribution in [0.15, 0.2) is 36.5 Å². The van der Waals surface area contributed by atoms with E-state index in [1.807, 2.05) is 0 Å². The summed E-state index contributed by atoms with van der Waals surface area (Å²) in [6, 6.07) is -3.15. The molecule has 11 atom stereocenters. The highest BCUT2D eigenvalue weighted by Gasteiger charge is 2.46. The third kappa shape index (κ3) is 15.5. The molecule has 1 heterocycles. The van der Waals surface area contributed by atoms with Crippen LogP contribution >= 0.6 is 0 Å². The van der Waals surface area contributed by atoms with E-state index in [0.717, 1.165) is 43.8 Å². The van der Waals surface area contributed by atoms with Crippen LogP contribution in [-0.4, -0.2) is 174 Å². The second-order valence-corrected chi connectivity index (χ2v) is 17.4. The van der Waals surface area contributed by atoms with Gasteiger partial charge in [-0.05, 0) is 51.2 Å². The van der Waals surface area contributed by atoms with Crippen molar-refractivity contribution in [1.29, 1.82) is 0 Å². The van der Waals surface area contributed by atoms with Gasteiger partial charge in [0, 0.05) is 48.5 Å². The number of ether oxygens (including phenoxy) is 5. The van der Waals surface area contributed by atoms with Crippen molar-refractivity contribution in [3.63, 3.8) is 0 Å². The molecule has 0 spiro atoms. The van der Waals surface area contributed by atoms with Gasteiger partial charge in [-0.15, -0.1) is 0 Å². The summed E-state index contributed by atoms with van der Waals surface area (Å²) < 4.78 is 42.7. The van der Waals surface area contributed by atoms with E-state index >= 15 is 4.39 Å². The van der Waals surface area contributed by atoms with Crippen molar-refractivity contribution in [2.24, 2.45) is 11.8 Å². The predicted octanol–water partition coefficient (Wildman–Crippen LogP) is -0.0832. The van der Waals surface area contributed by atoms with Crippen LogP contribution in [0, 0.1) is 17.7 Å². The van der Waals surface area contributed by atoms with Gasteiger partial charge >= 0.3 is 23.9 Å². The maximum absolute atomic E-state index is 15.0. The molecule has 1 aliphatic rings. The van der Waals surface area contributed by atoms with Gasteiger partial charge in [0.2, 0.25) is 29.7 Å². The van der Waals surface area contributed by atoms with Crippen LogP contribution in [0.2, 0.25) is 0 Å². The van der Waals surface area contributed by atoms with E-state index < -0.39 is 156 Å². The Morgan fingerprint density at radius 2 is 1.43 bits per heavy atom. The average molecular weight is 979 g/mol. The summed E-state index contributed by atoms with van der Waals surface area (Å²) in [5.74, 6) is -13.1. The Balaban J connectivity index is 2.91. The number of nitrogens with zero attached hydrogens (tertiary/aromatic N) is 3. The topological polar surface area (TPSA) is 283 Å². The van der Waals surface area contributed by atoms with E-state index in [9.17, 15) is 53.1 Å². The molecule has 0 aromatic heterocycles. The minimum absolute atomic E-state index is 0.0984. The molecule has 1 fully saturated rings. The Labute approximate surface area is 400 Å². The minimum atomic E-state index is -1.91. The van der Waals surface area contributed by atoms with Crippen LogP contribution < -0.4 is 16.0 Å². The number of methoxy groups -OCH3 is 1. The van der Waals surface area contributed by atoms with Crippen molar-refractivity contribution in [2.75, 3.05) is 28.3 Å². The minimum Gasteiger partial charge on any atom is -0.458 e. The van der Waals surface area contributed by atoms with Crippen LogP contribution in [-0.2, 0) is 78.1 Å². The Morgan fingerprint density at radius 3 is 1.96 bits per heavy atom. The number of aliphatic hydroxyl groups excluding tert-OH is 1. The number of carbonyl (C=O) groups is 10. The third-order valence-corrected chi connectivity index (χ3v) is 11.4. The van der Waals surface area contributed by atoms with Gasteiger partial charge in [0.1, 0.15) is 48.0 Å². The van der Waals surface area contributed by atoms with E-state index in [1.165, 1.54) is 87.7 Å². The zero-order valence-electron chi connectivity index (χ0n) is 41.5. The SMILES string of the molecule is C=C1C(=O)N[C@@H](C)C(=O)N(C)[C@@H](C)C(=O)N[C@@H]([C@H](OC(=O)C(OC(C)=O)[C@H](O)C(C)C)C(C)C)C(=O)N(C)C([C@@H](C)OC)C(=O)O[C@H](C)[C@H](NC(C)=O)C(=O)O[C@H](Cc2ccccc2F)C(=O)N1C. The van der Waals surface area contributed by atoms with Gasteiger partial charge in [-0.3, -0.25) is 33.6 Å². The fraction of sp³-hybridized carbons (Fsp3) is 0.609. The van der Waals surface area contributed by atoms with Gasteiger partial charge in [-0.25, -0.2) is 18.8 Å². The second-order valence-electron chi connectivity index (χ2n) is 17.4. The molecule has 2 rings (SSSR count). The fourth-order valence-corrected chi connectivity index (χ4v) is 6.96. The van der Waals surface area contributed by atoms with Crippen molar-refractivity contribution in [3.8, 4) is 0 Å². The van der Waals surface area contributed by atoms with E-state index in [2.05, 4.69) is 22.5 Å². The fourth-order valence-electron chi connectivity index (χ4n) is 6.96. The summed E-state index contributed by atoms with van der Waals surface area (Å²) in [5, 5.41) is 18.1. The molecule has 2 unspecified atom stereocenters. The molecule has 384 valence electrons. The Kier molecular flexibility index (Phi) is 21.9. The summed E-state index contributed by atoms with van der Waals surface area (Å²) >= 11 is 0. The molecule has 0 bridgehead atoms. The predicted molar refractivity (Wildman–Crippen MR) is 241 cm³/mol. The van der Waals surface area contributed by atoms with Crippen LogP contribution in [0.4, 0.5) is 4.39 Å². The number of rotatable bonds is 12. The monoisotopic (exact) mass is 978 g/mol. The summed E-state index contributed by atoms with van der Waals surface area (Å²) in [6.45, 7) is 16.9. The number of esters is 4. The number of carbonyl (C=O) groups excluding carboxylic acids is 10. The lowest BCUT2D eigenvalue weighted by atomic mass is 9.96.